The van der Waals surface area contributed by atoms with Gasteiger partial charge in [0.2, 0.25) is 21.8 Å². The van der Waals surface area contributed by atoms with Gasteiger partial charge in [-0.2, -0.15) is 0 Å². The quantitative estimate of drug-likeness (QED) is 0.474. The van der Waals surface area contributed by atoms with Gasteiger partial charge in [0.15, 0.2) is 0 Å². The van der Waals surface area contributed by atoms with Gasteiger partial charge in [-0.05, 0) is 48.1 Å². The van der Waals surface area contributed by atoms with E-state index < -0.39 is 28.5 Å². The predicted molar refractivity (Wildman–Crippen MR) is 142 cm³/mol. The van der Waals surface area contributed by atoms with Crippen LogP contribution in [0.1, 0.15) is 51.7 Å². The lowest BCUT2D eigenvalue weighted by Gasteiger charge is -2.32. The van der Waals surface area contributed by atoms with Gasteiger partial charge >= 0.3 is 0 Å². The Morgan fingerprint density at radius 1 is 1.00 bits per heavy atom. The van der Waals surface area contributed by atoms with Gasteiger partial charge in [0.1, 0.15) is 12.6 Å². The van der Waals surface area contributed by atoms with Crippen LogP contribution in [-0.2, 0) is 26.2 Å². The van der Waals surface area contributed by atoms with Crippen molar-refractivity contribution in [2.45, 2.75) is 53.1 Å². The fourth-order valence-electron chi connectivity index (χ4n) is 3.66. The first-order valence-electron chi connectivity index (χ1n) is 11.7. The lowest BCUT2D eigenvalue weighted by atomic mass is 10.0. The summed E-state index contributed by atoms with van der Waals surface area (Å²) in [6, 6.07) is 13.4. The maximum atomic E-state index is 13.6. The minimum absolute atomic E-state index is 0.0499. The molecule has 2 rings (SSSR count). The summed E-state index contributed by atoms with van der Waals surface area (Å²) in [4.78, 5) is 27.9. The van der Waals surface area contributed by atoms with Gasteiger partial charge < -0.3 is 10.2 Å². The first-order valence-corrected chi connectivity index (χ1v) is 13.9. The Hall–Kier alpha value is -2.58. The number of hydrogen-bond acceptors (Lipinski definition) is 4. The molecule has 0 unspecified atom stereocenters. The Balaban J connectivity index is 2.43. The van der Waals surface area contributed by atoms with Crippen LogP contribution in [0, 0.1) is 5.92 Å². The van der Waals surface area contributed by atoms with Crippen molar-refractivity contribution in [2.24, 2.45) is 5.92 Å². The minimum atomic E-state index is -3.79. The van der Waals surface area contributed by atoms with Gasteiger partial charge in [-0.25, -0.2) is 8.42 Å². The molecule has 0 saturated heterocycles. The zero-order valence-electron chi connectivity index (χ0n) is 21.3. The van der Waals surface area contributed by atoms with E-state index in [4.69, 9.17) is 11.6 Å². The number of hydrogen-bond donors (Lipinski definition) is 1. The summed E-state index contributed by atoms with van der Waals surface area (Å²) in [5, 5.41) is 3.37. The summed E-state index contributed by atoms with van der Waals surface area (Å²) >= 11 is 6.14. The number of carbonyl (C=O) groups excluding carboxylic acids is 2. The molecule has 2 aromatic rings. The number of rotatable bonds is 11. The van der Waals surface area contributed by atoms with Gasteiger partial charge in [0.25, 0.3) is 0 Å². The van der Waals surface area contributed by atoms with E-state index in [-0.39, 0.29) is 24.3 Å². The first kappa shape index (κ1) is 28.7. The zero-order chi connectivity index (χ0) is 26.3. The van der Waals surface area contributed by atoms with Gasteiger partial charge in [-0.15, -0.1) is 0 Å². The van der Waals surface area contributed by atoms with E-state index in [0.717, 1.165) is 21.7 Å². The molecule has 0 heterocycles. The van der Waals surface area contributed by atoms with Crippen LogP contribution in [-0.4, -0.2) is 50.5 Å². The maximum Gasteiger partial charge on any atom is 0.244 e. The van der Waals surface area contributed by atoms with Crippen LogP contribution in [0.3, 0.4) is 0 Å². The van der Waals surface area contributed by atoms with Crippen molar-refractivity contribution >= 4 is 39.1 Å². The largest absolute Gasteiger partial charge is 0.354 e. The molecule has 2 aromatic carbocycles. The van der Waals surface area contributed by atoms with Crippen LogP contribution in [0.25, 0.3) is 0 Å². The molecule has 0 aliphatic rings. The molecule has 1 N–H and O–H groups in total. The summed E-state index contributed by atoms with van der Waals surface area (Å²) in [5.41, 5.74) is 2.01. The highest BCUT2D eigenvalue weighted by molar-refractivity contribution is 7.92. The number of nitrogens with one attached hydrogen (secondary N) is 1. The first-order chi connectivity index (χ1) is 16.3. The highest BCUT2D eigenvalue weighted by atomic mass is 35.5. The lowest BCUT2D eigenvalue weighted by molar-refractivity contribution is -0.139. The van der Waals surface area contributed by atoms with Crippen molar-refractivity contribution in [3.8, 4) is 0 Å². The molecule has 0 aliphatic heterocycles. The van der Waals surface area contributed by atoms with E-state index in [1.165, 1.54) is 4.90 Å². The van der Waals surface area contributed by atoms with E-state index in [9.17, 15) is 18.0 Å². The molecule has 35 heavy (non-hydrogen) atoms. The Kier molecular flexibility index (Phi) is 10.2. The summed E-state index contributed by atoms with van der Waals surface area (Å²) < 4.78 is 26.7. The molecular formula is C26H36ClN3O4S. The number of halogens is 1. The average Bonchev–Trinajstić information content (AvgIpc) is 2.78. The van der Waals surface area contributed by atoms with E-state index in [2.05, 4.69) is 5.32 Å². The maximum absolute atomic E-state index is 13.6. The van der Waals surface area contributed by atoms with Crippen LogP contribution in [0.4, 0.5) is 5.69 Å². The van der Waals surface area contributed by atoms with E-state index in [1.54, 1.807) is 37.3 Å². The third-order valence-corrected chi connectivity index (χ3v) is 6.96. The highest BCUT2D eigenvalue weighted by Crippen LogP contribution is 2.29. The number of amides is 2. The van der Waals surface area contributed by atoms with Crippen molar-refractivity contribution in [1.82, 2.24) is 10.2 Å². The number of para-hydroxylation sites is 1. The molecule has 0 spiro atoms. The third kappa shape index (κ3) is 8.25. The van der Waals surface area contributed by atoms with Gasteiger partial charge in [-0.1, -0.05) is 69.6 Å². The monoisotopic (exact) mass is 521 g/mol. The molecule has 0 aliphatic carbocycles. The summed E-state index contributed by atoms with van der Waals surface area (Å²) in [7, 11) is -3.79. The Morgan fingerprint density at radius 2 is 1.66 bits per heavy atom. The highest BCUT2D eigenvalue weighted by Gasteiger charge is 2.31. The number of carbonyl (C=O) groups is 2. The van der Waals surface area contributed by atoms with E-state index >= 15 is 0 Å². The average molecular weight is 522 g/mol. The standard InChI is InChI=1S/C26H36ClN3O4S/c1-18(2)15-28-26(32)20(5)29(16-21-10-9-11-22(27)14-21)25(31)17-30(35(6,33)34)24-13-8-7-12-23(24)19(3)4/h7-14,18-20H,15-17H2,1-6H3,(H,28,32)/t20-/m0/s1. The molecule has 0 bridgehead atoms. The summed E-state index contributed by atoms with van der Waals surface area (Å²) in [6.07, 6.45) is 1.08. The predicted octanol–water partition coefficient (Wildman–Crippen LogP) is 4.42. The van der Waals surface area contributed by atoms with Gasteiger partial charge in [0.05, 0.1) is 11.9 Å². The summed E-state index contributed by atoms with van der Waals surface area (Å²) in [5.74, 6) is -0.492. The van der Waals surface area contributed by atoms with Crippen LogP contribution >= 0.6 is 11.6 Å². The van der Waals surface area contributed by atoms with Crippen LogP contribution in [0.2, 0.25) is 5.02 Å². The molecule has 0 fully saturated rings. The Morgan fingerprint density at radius 3 is 2.23 bits per heavy atom. The van der Waals surface area contributed by atoms with Gasteiger partial charge in [-0.3, -0.25) is 13.9 Å². The topological polar surface area (TPSA) is 86.8 Å². The lowest BCUT2D eigenvalue weighted by Crippen LogP contribution is -2.51. The number of benzene rings is 2. The van der Waals surface area contributed by atoms with Crippen LogP contribution in [0.5, 0.6) is 0 Å². The van der Waals surface area contributed by atoms with Crippen molar-refractivity contribution in [2.75, 3.05) is 23.7 Å². The smallest absolute Gasteiger partial charge is 0.244 e. The summed E-state index contributed by atoms with van der Waals surface area (Å²) in [6.45, 7) is 9.70. The molecule has 0 saturated carbocycles. The second-order valence-corrected chi connectivity index (χ2v) is 11.8. The van der Waals surface area contributed by atoms with Crippen molar-refractivity contribution in [1.29, 1.82) is 0 Å². The fourth-order valence-corrected chi connectivity index (χ4v) is 4.75. The molecule has 0 radical (unpaired) electrons. The van der Waals surface area contributed by atoms with Crippen molar-refractivity contribution in [3.05, 3.63) is 64.7 Å². The van der Waals surface area contributed by atoms with Crippen molar-refractivity contribution < 1.29 is 18.0 Å². The molecule has 1 atom stereocenters. The molecular weight excluding hydrogens is 486 g/mol. The molecule has 0 aromatic heterocycles. The van der Waals surface area contributed by atoms with Crippen LogP contribution < -0.4 is 9.62 Å². The van der Waals surface area contributed by atoms with E-state index in [1.807, 2.05) is 45.9 Å². The van der Waals surface area contributed by atoms with E-state index in [0.29, 0.717) is 17.3 Å². The molecule has 2 amide bonds. The second kappa shape index (κ2) is 12.4. The third-order valence-electron chi connectivity index (χ3n) is 5.60. The van der Waals surface area contributed by atoms with Crippen LogP contribution in [0.15, 0.2) is 48.5 Å². The normalized spacial score (nSPS) is 12.5. The SMILES string of the molecule is CC(C)CNC(=O)[C@H](C)N(Cc1cccc(Cl)c1)C(=O)CN(c1ccccc1C(C)C)S(C)(=O)=O. The number of nitrogens with zero attached hydrogens (tertiary/aromatic N) is 2. The van der Waals surface area contributed by atoms with Crippen molar-refractivity contribution in [3.63, 3.8) is 0 Å². The molecule has 7 nitrogen and oxygen atoms in total. The zero-order valence-corrected chi connectivity index (χ0v) is 22.9. The number of sulfonamides is 1. The van der Waals surface area contributed by atoms with Gasteiger partial charge in [0, 0.05) is 18.1 Å². The second-order valence-electron chi connectivity index (χ2n) is 9.45. The fraction of sp³-hybridized carbons (Fsp3) is 0.462. The minimum Gasteiger partial charge on any atom is -0.354 e. The molecule has 192 valence electrons. The Labute approximate surface area is 214 Å². The molecule has 9 heteroatoms. The number of anilines is 1. The Bertz CT molecular complexity index is 1130.